The molecule has 2 aliphatic heterocycles. The molecule has 0 aromatic rings. The van der Waals surface area contributed by atoms with Gasteiger partial charge in [-0.05, 0) is 36.8 Å². The fraction of sp³-hybridized carbons (Fsp3) is 0.727. The van der Waals surface area contributed by atoms with Gasteiger partial charge < -0.3 is 25.8 Å². The van der Waals surface area contributed by atoms with Crippen molar-refractivity contribution >= 4 is 57.0 Å². The summed E-state index contributed by atoms with van der Waals surface area (Å²) in [7, 11) is 3.04. The van der Waals surface area contributed by atoms with Crippen molar-refractivity contribution < 1.29 is 29.0 Å². The van der Waals surface area contributed by atoms with E-state index in [9.17, 15) is 24.3 Å². The van der Waals surface area contributed by atoms with E-state index in [0.29, 0.717) is 24.3 Å². The molecule has 2 aliphatic rings. The second-order valence-corrected chi connectivity index (χ2v) is 12.2. The van der Waals surface area contributed by atoms with Crippen LogP contribution in [-0.4, -0.2) is 82.6 Å². The van der Waals surface area contributed by atoms with Crippen molar-refractivity contribution in [3.63, 3.8) is 0 Å². The van der Waals surface area contributed by atoms with Crippen molar-refractivity contribution in [1.29, 1.82) is 0 Å². The molecule has 192 valence electrons. The number of aliphatic hydroxyl groups excluding tert-OH is 1. The normalized spacial score (nSPS) is 31.3. The van der Waals surface area contributed by atoms with Crippen LogP contribution in [0.4, 0.5) is 0 Å². The fourth-order valence-electron chi connectivity index (χ4n) is 3.57. The molecule has 5 atom stereocenters. The van der Waals surface area contributed by atoms with Gasteiger partial charge in [-0.2, -0.15) is 11.8 Å². The summed E-state index contributed by atoms with van der Waals surface area (Å²) >= 11 is 1.55. The highest BCUT2D eigenvalue weighted by atomic mass is 33.1. The molecule has 2 heterocycles. The lowest BCUT2D eigenvalue weighted by Crippen LogP contribution is -2.58. The van der Waals surface area contributed by atoms with Crippen molar-refractivity contribution in [3.05, 3.63) is 12.2 Å². The number of hydrogen-bond acceptors (Lipinski definition) is 9. The van der Waals surface area contributed by atoms with Crippen LogP contribution < -0.4 is 16.0 Å². The third-order valence-corrected chi connectivity index (χ3v) is 8.51. The van der Waals surface area contributed by atoms with E-state index in [1.165, 1.54) is 10.8 Å². The topological polar surface area (TPSA) is 134 Å². The summed E-state index contributed by atoms with van der Waals surface area (Å²) in [6.07, 6.45) is 4.05. The minimum Gasteiger partial charge on any atom is -0.457 e. The van der Waals surface area contributed by atoms with E-state index < -0.39 is 54.0 Å². The molecule has 0 aliphatic carbocycles. The molecule has 9 nitrogen and oxygen atoms in total. The first kappa shape index (κ1) is 28.9. The molecule has 2 bridgehead atoms. The zero-order valence-electron chi connectivity index (χ0n) is 19.8. The van der Waals surface area contributed by atoms with E-state index in [4.69, 9.17) is 4.74 Å². The summed E-state index contributed by atoms with van der Waals surface area (Å²) in [5.74, 6) is -0.440. The van der Waals surface area contributed by atoms with Crippen molar-refractivity contribution in [3.8, 4) is 0 Å². The SMILES string of the molecule is CSCCC1NC(=O)CC2/C=C/CCSSCC(NC1=O)C(=O)NC(C(C)C)C(O)CC(=O)O2. The van der Waals surface area contributed by atoms with Gasteiger partial charge >= 0.3 is 5.97 Å². The Hall–Kier alpha value is -1.37. The Morgan fingerprint density at radius 3 is 2.59 bits per heavy atom. The first-order valence-corrected chi connectivity index (χ1v) is 15.3. The molecule has 1 fully saturated rings. The van der Waals surface area contributed by atoms with Gasteiger partial charge in [0.15, 0.2) is 0 Å². The number of fused-ring (bicyclic) bond motifs is 7. The Kier molecular flexibility index (Phi) is 12.6. The van der Waals surface area contributed by atoms with Crippen LogP contribution >= 0.6 is 33.3 Å². The number of hydrogen-bond donors (Lipinski definition) is 4. The van der Waals surface area contributed by atoms with Crippen molar-refractivity contribution in [2.45, 2.75) is 69.9 Å². The Morgan fingerprint density at radius 1 is 1.12 bits per heavy atom. The van der Waals surface area contributed by atoms with Crippen molar-refractivity contribution in [2.75, 3.05) is 23.5 Å². The molecule has 5 unspecified atom stereocenters. The molecule has 0 aromatic carbocycles. The molecule has 3 amide bonds. The molecule has 12 heteroatoms. The van der Waals surface area contributed by atoms with Gasteiger partial charge in [0, 0.05) is 11.5 Å². The summed E-state index contributed by atoms with van der Waals surface area (Å²) in [4.78, 5) is 51.6. The van der Waals surface area contributed by atoms with E-state index >= 15 is 0 Å². The first-order valence-electron chi connectivity index (χ1n) is 11.4. The van der Waals surface area contributed by atoms with Gasteiger partial charge in [-0.15, -0.1) is 0 Å². The van der Waals surface area contributed by atoms with Gasteiger partial charge in [-0.3, -0.25) is 19.2 Å². The maximum atomic E-state index is 13.2. The molecule has 0 aromatic heterocycles. The standard InChI is InChI=1S/C22H35N3O6S3/c1-13(2)20-17(26)11-19(28)31-14-6-4-5-8-33-34-12-16(22(30)25-20)24-21(29)15(7-9-32-3)23-18(27)10-14/h4,6,13-17,20,26H,5,7-12H2,1-3H3,(H,23,27)(H,24,29)(H,25,30)/b6-4+. The Balaban J connectivity index is 2.45. The third-order valence-electron chi connectivity index (χ3n) is 5.42. The van der Waals surface area contributed by atoms with Gasteiger partial charge in [-0.1, -0.05) is 41.5 Å². The molecular weight excluding hydrogens is 498 g/mol. The number of allylic oxidation sites excluding steroid dienone is 1. The van der Waals surface area contributed by atoms with Crippen LogP contribution in [0.25, 0.3) is 0 Å². The Morgan fingerprint density at radius 2 is 1.88 bits per heavy atom. The van der Waals surface area contributed by atoms with Crippen LogP contribution in [0.15, 0.2) is 12.2 Å². The number of carbonyl (C=O) groups excluding carboxylic acids is 4. The molecule has 4 N–H and O–H groups in total. The predicted octanol–water partition coefficient (Wildman–Crippen LogP) is 1.26. The number of thioether (sulfide) groups is 1. The lowest BCUT2D eigenvalue weighted by molar-refractivity contribution is -0.151. The summed E-state index contributed by atoms with van der Waals surface area (Å²) in [6.45, 7) is 3.66. The number of carbonyl (C=O) groups is 4. The zero-order valence-corrected chi connectivity index (χ0v) is 22.2. The minimum atomic E-state index is -1.18. The maximum Gasteiger partial charge on any atom is 0.309 e. The summed E-state index contributed by atoms with van der Waals surface area (Å²) in [5.41, 5.74) is 0. The van der Waals surface area contributed by atoms with Crippen LogP contribution in [0.2, 0.25) is 0 Å². The van der Waals surface area contributed by atoms with Crippen LogP contribution in [-0.2, 0) is 23.9 Å². The van der Waals surface area contributed by atoms with Gasteiger partial charge in [0.05, 0.1) is 25.0 Å². The van der Waals surface area contributed by atoms with E-state index in [1.807, 2.05) is 26.2 Å². The highest BCUT2D eigenvalue weighted by Gasteiger charge is 2.33. The average molecular weight is 534 g/mol. The van der Waals surface area contributed by atoms with Crippen LogP contribution in [0, 0.1) is 5.92 Å². The Bertz CT molecular complexity index is 751. The first-order chi connectivity index (χ1) is 16.2. The molecule has 1 saturated heterocycles. The molecule has 0 spiro atoms. The van der Waals surface area contributed by atoms with Crippen LogP contribution in [0.5, 0.6) is 0 Å². The maximum absolute atomic E-state index is 13.2. The molecule has 2 rings (SSSR count). The van der Waals surface area contributed by atoms with Crippen molar-refractivity contribution in [1.82, 2.24) is 16.0 Å². The largest absolute Gasteiger partial charge is 0.457 e. The predicted molar refractivity (Wildman–Crippen MR) is 137 cm³/mol. The highest BCUT2D eigenvalue weighted by Crippen LogP contribution is 2.24. The van der Waals surface area contributed by atoms with Gasteiger partial charge in [-0.25, -0.2) is 0 Å². The fourth-order valence-corrected chi connectivity index (χ4v) is 6.20. The van der Waals surface area contributed by atoms with E-state index in [2.05, 4.69) is 16.0 Å². The number of amides is 3. The number of rotatable bonds is 4. The smallest absolute Gasteiger partial charge is 0.309 e. The summed E-state index contributed by atoms with van der Waals surface area (Å²) < 4.78 is 5.50. The number of ether oxygens (including phenoxy) is 1. The van der Waals surface area contributed by atoms with Crippen LogP contribution in [0.1, 0.15) is 39.5 Å². The van der Waals surface area contributed by atoms with Gasteiger partial charge in [0.1, 0.15) is 18.2 Å². The average Bonchev–Trinajstić information content (AvgIpc) is 2.77. The Labute approximate surface area is 213 Å². The van der Waals surface area contributed by atoms with Crippen molar-refractivity contribution in [2.24, 2.45) is 5.92 Å². The number of aliphatic hydroxyl groups is 1. The molecular formula is C22H35N3O6S3. The third kappa shape index (κ3) is 9.71. The monoisotopic (exact) mass is 533 g/mol. The number of nitrogens with one attached hydrogen (secondary N) is 3. The summed E-state index contributed by atoms with van der Waals surface area (Å²) in [6, 6.07) is -2.40. The van der Waals surface area contributed by atoms with E-state index in [1.54, 1.807) is 28.6 Å². The quantitative estimate of drug-likeness (QED) is 0.239. The zero-order chi connectivity index (χ0) is 25.1. The lowest BCUT2D eigenvalue weighted by atomic mass is 9.96. The van der Waals surface area contributed by atoms with Crippen LogP contribution in [0.3, 0.4) is 0 Å². The lowest BCUT2D eigenvalue weighted by Gasteiger charge is -2.29. The number of esters is 1. The van der Waals surface area contributed by atoms with E-state index in [0.717, 1.165) is 5.75 Å². The second kappa shape index (κ2) is 14.9. The summed E-state index contributed by atoms with van der Waals surface area (Å²) in [5, 5.41) is 19.1. The highest BCUT2D eigenvalue weighted by molar-refractivity contribution is 8.76. The molecule has 0 saturated carbocycles. The van der Waals surface area contributed by atoms with Gasteiger partial charge in [0.25, 0.3) is 0 Å². The van der Waals surface area contributed by atoms with Gasteiger partial charge in [0.2, 0.25) is 17.7 Å². The molecule has 0 radical (unpaired) electrons. The van der Waals surface area contributed by atoms with E-state index in [-0.39, 0.29) is 18.8 Å². The minimum absolute atomic E-state index is 0.141. The molecule has 34 heavy (non-hydrogen) atoms. The second-order valence-electron chi connectivity index (χ2n) is 8.57.